The molecular formula is C16H19NS. The molecule has 1 fully saturated rings. The molecule has 1 nitrogen and oxygen atoms in total. The lowest BCUT2D eigenvalue weighted by Crippen LogP contribution is -2.30. The van der Waals surface area contributed by atoms with Crippen molar-refractivity contribution in [1.29, 1.82) is 0 Å². The van der Waals surface area contributed by atoms with E-state index in [1.165, 1.54) is 41.0 Å². The van der Waals surface area contributed by atoms with Crippen LogP contribution in [0, 0.1) is 0 Å². The van der Waals surface area contributed by atoms with Crippen LogP contribution in [0.5, 0.6) is 0 Å². The predicted octanol–water partition coefficient (Wildman–Crippen LogP) is 4.19. The Labute approximate surface area is 113 Å². The van der Waals surface area contributed by atoms with E-state index in [0.717, 1.165) is 6.54 Å². The first kappa shape index (κ1) is 11.9. The van der Waals surface area contributed by atoms with Crippen LogP contribution in [0.15, 0.2) is 42.5 Å². The lowest BCUT2D eigenvalue weighted by atomic mass is 9.85. The van der Waals surface area contributed by atoms with Crippen molar-refractivity contribution in [2.24, 2.45) is 5.73 Å². The van der Waals surface area contributed by atoms with Crippen molar-refractivity contribution in [2.75, 3.05) is 6.54 Å². The minimum absolute atomic E-state index is 0.275. The monoisotopic (exact) mass is 257 g/mol. The first-order valence-corrected chi connectivity index (χ1v) is 7.52. The van der Waals surface area contributed by atoms with Crippen LogP contribution in [0.3, 0.4) is 0 Å². The summed E-state index contributed by atoms with van der Waals surface area (Å²) in [7, 11) is 0. The minimum Gasteiger partial charge on any atom is -0.330 e. The molecule has 1 aliphatic rings. The zero-order chi connectivity index (χ0) is 12.4. The number of nitrogens with two attached hydrogens (primary N) is 1. The van der Waals surface area contributed by atoms with Gasteiger partial charge in [0.15, 0.2) is 0 Å². The fourth-order valence-corrected chi connectivity index (χ4v) is 4.25. The number of rotatable bonds is 3. The highest BCUT2D eigenvalue weighted by Gasteiger charge is 2.35. The molecule has 1 aromatic heterocycles. The van der Waals surface area contributed by atoms with Gasteiger partial charge in [0.05, 0.1) is 0 Å². The minimum atomic E-state index is 0.275. The van der Waals surface area contributed by atoms with Gasteiger partial charge < -0.3 is 5.73 Å². The first-order valence-electron chi connectivity index (χ1n) is 6.70. The molecule has 0 bridgehead atoms. The van der Waals surface area contributed by atoms with Gasteiger partial charge in [-0.3, -0.25) is 0 Å². The molecule has 0 aliphatic heterocycles. The molecule has 1 heterocycles. The molecular weight excluding hydrogens is 238 g/mol. The van der Waals surface area contributed by atoms with Gasteiger partial charge in [0.2, 0.25) is 0 Å². The molecule has 1 saturated carbocycles. The van der Waals surface area contributed by atoms with Crippen LogP contribution in [-0.4, -0.2) is 6.54 Å². The number of hydrogen-bond donors (Lipinski definition) is 1. The SMILES string of the molecule is NCC1(c2ccc(-c3ccccc3)s2)CCCC1. The van der Waals surface area contributed by atoms with Gasteiger partial charge in [0.1, 0.15) is 0 Å². The molecule has 0 saturated heterocycles. The second kappa shape index (κ2) is 4.87. The van der Waals surface area contributed by atoms with Gasteiger partial charge in [-0.2, -0.15) is 0 Å². The summed E-state index contributed by atoms with van der Waals surface area (Å²) in [6.07, 6.45) is 5.18. The second-order valence-electron chi connectivity index (χ2n) is 5.22. The summed E-state index contributed by atoms with van der Waals surface area (Å²) < 4.78 is 0. The molecule has 2 aromatic rings. The largest absolute Gasteiger partial charge is 0.330 e. The quantitative estimate of drug-likeness (QED) is 0.876. The van der Waals surface area contributed by atoms with E-state index in [1.54, 1.807) is 0 Å². The average Bonchev–Trinajstić information content (AvgIpc) is 3.09. The fourth-order valence-electron chi connectivity index (χ4n) is 2.98. The van der Waals surface area contributed by atoms with Gasteiger partial charge in [-0.25, -0.2) is 0 Å². The standard InChI is InChI=1S/C16H19NS/c17-12-16(10-4-5-11-16)15-9-8-14(18-15)13-6-2-1-3-7-13/h1-3,6-9H,4-5,10-12,17H2. The van der Waals surface area contributed by atoms with Gasteiger partial charge in [0, 0.05) is 21.7 Å². The number of hydrogen-bond acceptors (Lipinski definition) is 2. The summed E-state index contributed by atoms with van der Waals surface area (Å²) >= 11 is 1.93. The van der Waals surface area contributed by atoms with Crippen LogP contribution in [0.4, 0.5) is 0 Å². The lowest BCUT2D eigenvalue weighted by Gasteiger charge is -2.25. The van der Waals surface area contributed by atoms with E-state index >= 15 is 0 Å². The third-order valence-corrected chi connectivity index (χ3v) is 5.52. The number of thiophene rings is 1. The number of benzene rings is 1. The summed E-state index contributed by atoms with van der Waals surface area (Å²) in [5.41, 5.74) is 7.65. The van der Waals surface area contributed by atoms with E-state index in [1.807, 2.05) is 11.3 Å². The van der Waals surface area contributed by atoms with Crippen LogP contribution in [0.1, 0.15) is 30.6 Å². The molecule has 0 amide bonds. The van der Waals surface area contributed by atoms with Crippen LogP contribution in [0.2, 0.25) is 0 Å². The van der Waals surface area contributed by atoms with Crippen molar-refractivity contribution in [3.63, 3.8) is 0 Å². The van der Waals surface area contributed by atoms with Gasteiger partial charge in [-0.05, 0) is 30.5 Å². The average molecular weight is 257 g/mol. The summed E-state index contributed by atoms with van der Waals surface area (Å²) in [5.74, 6) is 0. The third-order valence-electron chi connectivity index (χ3n) is 4.14. The lowest BCUT2D eigenvalue weighted by molar-refractivity contribution is 0.462. The van der Waals surface area contributed by atoms with Gasteiger partial charge in [-0.15, -0.1) is 11.3 Å². The van der Waals surface area contributed by atoms with Crippen molar-refractivity contribution in [3.8, 4) is 10.4 Å². The Morgan fingerprint density at radius 1 is 1.00 bits per heavy atom. The normalized spacial score (nSPS) is 18.1. The van der Waals surface area contributed by atoms with E-state index < -0.39 is 0 Å². The maximum Gasteiger partial charge on any atom is 0.0345 e. The van der Waals surface area contributed by atoms with Crippen molar-refractivity contribution in [1.82, 2.24) is 0 Å². The van der Waals surface area contributed by atoms with Crippen LogP contribution in [-0.2, 0) is 5.41 Å². The molecule has 2 N–H and O–H groups in total. The second-order valence-corrected chi connectivity index (χ2v) is 6.31. The molecule has 18 heavy (non-hydrogen) atoms. The van der Waals surface area contributed by atoms with Crippen LogP contribution < -0.4 is 5.73 Å². The topological polar surface area (TPSA) is 26.0 Å². The van der Waals surface area contributed by atoms with E-state index in [9.17, 15) is 0 Å². The Kier molecular flexibility index (Phi) is 3.23. The Bertz CT molecular complexity index is 509. The Balaban J connectivity index is 1.94. The van der Waals surface area contributed by atoms with Crippen molar-refractivity contribution in [2.45, 2.75) is 31.1 Å². The zero-order valence-electron chi connectivity index (χ0n) is 10.6. The predicted molar refractivity (Wildman–Crippen MR) is 79.0 cm³/mol. The maximum atomic E-state index is 6.06. The highest BCUT2D eigenvalue weighted by atomic mass is 32.1. The molecule has 0 unspecified atom stereocenters. The third kappa shape index (κ3) is 2.00. The summed E-state index contributed by atoms with van der Waals surface area (Å²) in [6, 6.07) is 15.2. The molecule has 1 aliphatic carbocycles. The van der Waals surface area contributed by atoms with Crippen molar-refractivity contribution < 1.29 is 0 Å². The smallest absolute Gasteiger partial charge is 0.0345 e. The molecule has 94 valence electrons. The molecule has 0 spiro atoms. The van der Waals surface area contributed by atoms with E-state index in [2.05, 4.69) is 42.5 Å². The maximum absolute atomic E-state index is 6.06. The van der Waals surface area contributed by atoms with Gasteiger partial charge in [0.25, 0.3) is 0 Å². The van der Waals surface area contributed by atoms with E-state index in [0.29, 0.717) is 0 Å². The summed E-state index contributed by atoms with van der Waals surface area (Å²) in [5, 5.41) is 0. The zero-order valence-corrected chi connectivity index (χ0v) is 11.4. The Morgan fingerprint density at radius 3 is 2.39 bits per heavy atom. The Morgan fingerprint density at radius 2 is 1.72 bits per heavy atom. The van der Waals surface area contributed by atoms with E-state index in [4.69, 9.17) is 5.73 Å². The van der Waals surface area contributed by atoms with E-state index in [-0.39, 0.29) is 5.41 Å². The Hall–Kier alpha value is -1.12. The molecule has 2 heteroatoms. The molecule has 3 rings (SSSR count). The fraction of sp³-hybridized carbons (Fsp3) is 0.375. The molecule has 0 radical (unpaired) electrons. The molecule has 0 atom stereocenters. The molecule has 1 aromatic carbocycles. The highest BCUT2D eigenvalue weighted by molar-refractivity contribution is 7.15. The van der Waals surface area contributed by atoms with Gasteiger partial charge in [-0.1, -0.05) is 43.2 Å². The van der Waals surface area contributed by atoms with Crippen molar-refractivity contribution >= 4 is 11.3 Å². The summed E-state index contributed by atoms with van der Waals surface area (Å²) in [6.45, 7) is 0.793. The first-order chi connectivity index (χ1) is 8.84. The summed E-state index contributed by atoms with van der Waals surface area (Å²) in [4.78, 5) is 2.85. The van der Waals surface area contributed by atoms with Crippen LogP contribution >= 0.6 is 11.3 Å². The van der Waals surface area contributed by atoms with Crippen LogP contribution in [0.25, 0.3) is 10.4 Å². The van der Waals surface area contributed by atoms with Crippen molar-refractivity contribution in [3.05, 3.63) is 47.3 Å². The highest BCUT2D eigenvalue weighted by Crippen LogP contribution is 2.44. The van der Waals surface area contributed by atoms with Gasteiger partial charge >= 0.3 is 0 Å².